The minimum absolute atomic E-state index is 0.184. The number of carboxylic acid groups (broad SMARTS) is 1. The molecule has 0 radical (unpaired) electrons. The minimum Gasteiger partial charge on any atom is -0.481 e. The average molecular weight is 267 g/mol. The van der Waals surface area contributed by atoms with Crippen LogP contribution in [0.3, 0.4) is 0 Å². The number of carboxylic acids is 1. The van der Waals surface area contributed by atoms with Crippen LogP contribution in [0.25, 0.3) is 10.8 Å². The van der Waals surface area contributed by atoms with Crippen LogP contribution in [0.1, 0.15) is 6.42 Å². The van der Waals surface area contributed by atoms with E-state index in [1.807, 2.05) is 30.3 Å². The van der Waals surface area contributed by atoms with Gasteiger partial charge in [0.15, 0.2) is 0 Å². The van der Waals surface area contributed by atoms with Crippen molar-refractivity contribution in [1.29, 1.82) is 0 Å². The van der Waals surface area contributed by atoms with Gasteiger partial charge in [-0.05, 0) is 35.0 Å². The summed E-state index contributed by atoms with van der Waals surface area (Å²) in [6.07, 6.45) is 0.184. The third-order valence-corrected chi connectivity index (χ3v) is 3.59. The fraction of sp³-hybridized carbons (Fsp3) is 0.154. The van der Waals surface area contributed by atoms with Crippen LogP contribution in [0.4, 0.5) is 0 Å². The molecule has 0 saturated heterocycles. The van der Waals surface area contributed by atoms with Crippen LogP contribution in [-0.4, -0.2) is 16.8 Å². The Labute approximate surface area is 109 Å². The highest BCUT2D eigenvalue weighted by Gasteiger charge is 2.01. The number of hydrogen-bond donors (Lipinski definition) is 1. The molecule has 0 aliphatic carbocycles. The molecular weight excluding hydrogens is 256 g/mol. The van der Waals surface area contributed by atoms with Crippen LogP contribution >= 0.6 is 23.4 Å². The Morgan fingerprint density at radius 1 is 1.18 bits per heavy atom. The summed E-state index contributed by atoms with van der Waals surface area (Å²) in [5.74, 6) is -0.167. The number of thioether (sulfide) groups is 1. The highest BCUT2D eigenvalue weighted by Crippen LogP contribution is 2.26. The maximum absolute atomic E-state index is 10.4. The summed E-state index contributed by atoms with van der Waals surface area (Å²) in [7, 11) is 0. The largest absolute Gasteiger partial charge is 0.481 e. The second-order valence-electron chi connectivity index (χ2n) is 3.65. The third kappa shape index (κ3) is 3.38. The van der Waals surface area contributed by atoms with Gasteiger partial charge in [-0.1, -0.05) is 23.7 Å². The van der Waals surface area contributed by atoms with Crippen LogP contribution < -0.4 is 0 Å². The number of aliphatic carboxylic acids is 1. The molecule has 0 atom stereocenters. The molecule has 0 spiro atoms. The van der Waals surface area contributed by atoms with Crippen molar-refractivity contribution in [3.63, 3.8) is 0 Å². The quantitative estimate of drug-likeness (QED) is 0.848. The average Bonchev–Trinajstić information content (AvgIpc) is 2.29. The van der Waals surface area contributed by atoms with Gasteiger partial charge in [0, 0.05) is 15.7 Å². The molecule has 0 aliphatic heterocycles. The Balaban J connectivity index is 2.14. The molecule has 0 aromatic heterocycles. The Kier molecular flexibility index (Phi) is 3.92. The number of halogens is 1. The summed E-state index contributed by atoms with van der Waals surface area (Å²) in [6.45, 7) is 0. The van der Waals surface area contributed by atoms with E-state index in [4.69, 9.17) is 16.7 Å². The molecule has 0 unspecified atom stereocenters. The lowest BCUT2D eigenvalue weighted by Gasteiger charge is -2.03. The van der Waals surface area contributed by atoms with Crippen molar-refractivity contribution in [2.24, 2.45) is 0 Å². The predicted octanol–water partition coefficient (Wildman–Crippen LogP) is 4.06. The Morgan fingerprint density at radius 3 is 2.65 bits per heavy atom. The van der Waals surface area contributed by atoms with Crippen LogP contribution in [0.5, 0.6) is 0 Å². The maximum atomic E-state index is 10.4. The second-order valence-corrected chi connectivity index (χ2v) is 5.25. The monoisotopic (exact) mass is 266 g/mol. The van der Waals surface area contributed by atoms with Gasteiger partial charge in [0.05, 0.1) is 6.42 Å². The topological polar surface area (TPSA) is 37.3 Å². The molecule has 0 saturated carbocycles. The van der Waals surface area contributed by atoms with Crippen molar-refractivity contribution in [3.8, 4) is 0 Å². The summed E-state index contributed by atoms with van der Waals surface area (Å²) in [4.78, 5) is 11.5. The number of benzene rings is 2. The van der Waals surface area contributed by atoms with Gasteiger partial charge in [0.2, 0.25) is 0 Å². The minimum atomic E-state index is -0.759. The number of carbonyl (C=O) groups is 1. The molecule has 0 amide bonds. The summed E-state index contributed by atoms with van der Waals surface area (Å²) in [5, 5.41) is 11.5. The molecule has 2 rings (SSSR count). The molecule has 88 valence electrons. The second kappa shape index (κ2) is 5.43. The van der Waals surface area contributed by atoms with Gasteiger partial charge in [-0.3, -0.25) is 4.79 Å². The van der Waals surface area contributed by atoms with Crippen LogP contribution in [0.2, 0.25) is 5.02 Å². The van der Waals surface area contributed by atoms with E-state index < -0.39 is 5.97 Å². The third-order valence-electron chi connectivity index (χ3n) is 2.36. The lowest BCUT2D eigenvalue weighted by atomic mass is 10.1. The zero-order chi connectivity index (χ0) is 12.3. The molecule has 2 aromatic carbocycles. The first kappa shape index (κ1) is 12.3. The van der Waals surface area contributed by atoms with E-state index in [9.17, 15) is 4.79 Å². The van der Waals surface area contributed by atoms with Gasteiger partial charge in [0.25, 0.3) is 0 Å². The Bertz CT molecular complexity index is 554. The van der Waals surface area contributed by atoms with Crippen molar-refractivity contribution in [3.05, 3.63) is 41.4 Å². The molecule has 0 heterocycles. The highest BCUT2D eigenvalue weighted by atomic mass is 35.5. The Hall–Kier alpha value is -1.19. The fourth-order valence-corrected chi connectivity index (χ4v) is 2.61. The lowest BCUT2D eigenvalue weighted by Crippen LogP contribution is -1.95. The molecule has 0 aliphatic rings. The van der Waals surface area contributed by atoms with E-state index in [1.54, 1.807) is 11.8 Å². The smallest absolute Gasteiger partial charge is 0.304 e. The van der Waals surface area contributed by atoms with Gasteiger partial charge in [-0.25, -0.2) is 0 Å². The zero-order valence-electron chi connectivity index (χ0n) is 9.02. The fourth-order valence-electron chi connectivity index (χ4n) is 1.54. The van der Waals surface area contributed by atoms with E-state index in [1.165, 1.54) is 0 Å². The zero-order valence-corrected chi connectivity index (χ0v) is 10.6. The molecule has 2 aromatic rings. The molecule has 0 fully saturated rings. The molecule has 4 heteroatoms. The molecule has 0 bridgehead atoms. The van der Waals surface area contributed by atoms with E-state index in [2.05, 4.69) is 6.07 Å². The lowest BCUT2D eigenvalue weighted by molar-refractivity contribution is -0.136. The summed E-state index contributed by atoms with van der Waals surface area (Å²) in [6, 6.07) is 11.8. The van der Waals surface area contributed by atoms with Crippen LogP contribution in [0, 0.1) is 0 Å². The highest BCUT2D eigenvalue weighted by molar-refractivity contribution is 7.99. The van der Waals surface area contributed by atoms with Gasteiger partial charge in [-0.15, -0.1) is 11.8 Å². The van der Waals surface area contributed by atoms with Crippen LogP contribution in [0.15, 0.2) is 41.3 Å². The van der Waals surface area contributed by atoms with Gasteiger partial charge >= 0.3 is 5.97 Å². The summed E-state index contributed by atoms with van der Waals surface area (Å²) >= 11 is 7.46. The standard InChI is InChI=1S/C13H11ClO2S/c14-11-3-1-10-8-12(4-2-9(10)7-11)17-6-5-13(15)16/h1-4,7-8H,5-6H2,(H,15,16). The van der Waals surface area contributed by atoms with E-state index in [0.717, 1.165) is 20.7 Å². The predicted molar refractivity (Wildman–Crippen MR) is 71.9 cm³/mol. The summed E-state index contributed by atoms with van der Waals surface area (Å²) in [5.41, 5.74) is 0. The molecule has 17 heavy (non-hydrogen) atoms. The number of fused-ring (bicyclic) bond motifs is 1. The molecular formula is C13H11ClO2S. The van der Waals surface area contributed by atoms with Crippen molar-refractivity contribution in [2.45, 2.75) is 11.3 Å². The van der Waals surface area contributed by atoms with Gasteiger partial charge in [0.1, 0.15) is 0 Å². The Morgan fingerprint density at radius 2 is 1.88 bits per heavy atom. The van der Waals surface area contributed by atoms with Crippen molar-refractivity contribution in [2.75, 3.05) is 5.75 Å². The van der Waals surface area contributed by atoms with Crippen LogP contribution in [-0.2, 0) is 4.79 Å². The first-order valence-corrected chi connectivity index (χ1v) is 6.55. The van der Waals surface area contributed by atoms with E-state index in [-0.39, 0.29) is 6.42 Å². The first-order valence-electron chi connectivity index (χ1n) is 5.19. The van der Waals surface area contributed by atoms with Crippen molar-refractivity contribution >= 4 is 40.1 Å². The molecule has 1 N–H and O–H groups in total. The first-order chi connectivity index (χ1) is 8.15. The van der Waals surface area contributed by atoms with Crippen molar-refractivity contribution in [1.82, 2.24) is 0 Å². The van der Waals surface area contributed by atoms with E-state index >= 15 is 0 Å². The molecule has 2 nitrogen and oxygen atoms in total. The maximum Gasteiger partial charge on any atom is 0.304 e. The number of hydrogen-bond acceptors (Lipinski definition) is 2. The normalized spacial score (nSPS) is 10.6. The van der Waals surface area contributed by atoms with E-state index in [0.29, 0.717) is 5.75 Å². The SMILES string of the molecule is O=C(O)CCSc1ccc2cc(Cl)ccc2c1. The van der Waals surface area contributed by atoms with Gasteiger partial charge in [-0.2, -0.15) is 0 Å². The van der Waals surface area contributed by atoms with Gasteiger partial charge < -0.3 is 5.11 Å². The van der Waals surface area contributed by atoms with Crippen molar-refractivity contribution < 1.29 is 9.90 Å². The summed E-state index contributed by atoms with van der Waals surface area (Å²) < 4.78 is 0. The number of rotatable bonds is 4.